The van der Waals surface area contributed by atoms with E-state index in [4.69, 9.17) is 4.74 Å². The second-order valence-corrected chi connectivity index (χ2v) is 5.02. The van der Waals surface area contributed by atoms with Crippen LogP contribution >= 0.6 is 0 Å². The van der Waals surface area contributed by atoms with Crippen LogP contribution in [0.25, 0.3) is 0 Å². The summed E-state index contributed by atoms with van der Waals surface area (Å²) in [6.07, 6.45) is -0.369. The van der Waals surface area contributed by atoms with Crippen molar-refractivity contribution in [2.45, 2.75) is 51.3 Å². The van der Waals surface area contributed by atoms with Crippen molar-refractivity contribution in [1.82, 2.24) is 5.06 Å². The standard InChI is InChI=1S/C10H18NO3/c1-9(2)6-7(12)8(14-5)10(3,4)11(9)13/h8H,6H2,1-5H3/q-1. The van der Waals surface area contributed by atoms with Crippen LogP contribution < -0.4 is 0 Å². The van der Waals surface area contributed by atoms with E-state index in [2.05, 4.69) is 0 Å². The number of carbonyl (C=O) groups excluding carboxylic acids is 1. The SMILES string of the molecule is COC1C(=O)CC(C)(C)N([O-])C1(C)C. The van der Waals surface area contributed by atoms with Crippen LogP contribution in [0.4, 0.5) is 0 Å². The number of methoxy groups -OCH3 is 1. The Kier molecular flexibility index (Phi) is 2.73. The summed E-state index contributed by atoms with van der Waals surface area (Å²) < 4.78 is 5.09. The zero-order valence-corrected chi connectivity index (χ0v) is 9.46. The molecule has 1 heterocycles. The number of Topliss-reactive ketones (excluding diaryl/α,β-unsaturated/α-hetero) is 1. The van der Waals surface area contributed by atoms with Crippen molar-refractivity contribution in [2.75, 3.05) is 7.11 Å². The summed E-state index contributed by atoms with van der Waals surface area (Å²) in [6.45, 7) is 7.05. The number of hydrogen-bond donors (Lipinski definition) is 0. The van der Waals surface area contributed by atoms with Gasteiger partial charge in [-0.15, -0.1) is 0 Å². The summed E-state index contributed by atoms with van der Waals surface area (Å²) in [4.78, 5) is 11.7. The van der Waals surface area contributed by atoms with Crippen LogP contribution in [0.5, 0.6) is 0 Å². The molecule has 4 nitrogen and oxygen atoms in total. The van der Waals surface area contributed by atoms with Crippen molar-refractivity contribution < 1.29 is 9.53 Å². The van der Waals surface area contributed by atoms with Gasteiger partial charge in [0.1, 0.15) is 6.10 Å². The Morgan fingerprint density at radius 1 is 1.43 bits per heavy atom. The van der Waals surface area contributed by atoms with E-state index >= 15 is 0 Å². The van der Waals surface area contributed by atoms with E-state index in [0.717, 1.165) is 5.06 Å². The molecule has 4 heteroatoms. The molecule has 1 aliphatic heterocycles. The normalized spacial score (nSPS) is 31.9. The number of ketones is 1. The molecule has 0 radical (unpaired) electrons. The van der Waals surface area contributed by atoms with Crippen molar-refractivity contribution in [3.8, 4) is 0 Å². The number of hydroxylamine groups is 2. The lowest BCUT2D eigenvalue weighted by atomic mass is 9.79. The second-order valence-electron chi connectivity index (χ2n) is 5.02. The number of nitrogens with zero attached hydrogens (tertiary/aromatic N) is 1. The lowest BCUT2D eigenvalue weighted by molar-refractivity contribution is -0.152. The van der Waals surface area contributed by atoms with Crippen LogP contribution in [-0.2, 0) is 9.53 Å². The van der Waals surface area contributed by atoms with Gasteiger partial charge in [0, 0.05) is 24.6 Å². The van der Waals surface area contributed by atoms with Crippen LogP contribution in [0.2, 0.25) is 0 Å². The maximum absolute atomic E-state index is 12.0. The van der Waals surface area contributed by atoms with E-state index in [1.165, 1.54) is 7.11 Å². The summed E-state index contributed by atoms with van der Waals surface area (Å²) in [7, 11) is 1.47. The van der Waals surface area contributed by atoms with Crippen molar-refractivity contribution in [2.24, 2.45) is 0 Å². The average Bonchev–Trinajstić information content (AvgIpc) is 2.00. The fourth-order valence-corrected chi connectivity index (χ4v) is 2.29. The summed E-state index contributed by atoms with van der Waals surface area (Å²) in [5.74, 6) is 0.00889. The third kappa shape index (κ3) is 1.58. The predicted molar refractivity (Wildman–Crippen MR) is 53.8 cm³/mol. The largest absolute Gasteiger partial charge is 0.784 e. The monoisotopic (exact) mass is 200 g/mol. The first-order valence-electron chi connectivity index (χ1n) is 4.76. The number of piperidine rings is 1. The van der Waals surface area contributed by atoms with Gasteiger partial charge in [-0.3, -0.25) is 4.79 Å². The molecule has 0 N–H and O–H groups in total. The Labute approximate surface area is 84.8 Å². The van der Waals surface area contributed by atoms with Gasteiger partial charge in [-0.25, -0.2) is 0 Å². The maximum Gasteiger partial charge on any atom is 0.165 e. The zero-order valence-electron chi connectivity index (χ0n) is 9.46. The van der Waals surface area contributed by atoms with Crippen molar-refractivity contribution in [3.63, 3.8) is 0 Å². The molecule has 1 aliphatic rings. The Balaban J connectivity index is 3.04. The fourth-order valence-electron chi connectivity index (χ4n) is 2.29. The Hall–Kier alpha value is -0.450. The predicted octanol–water partition coefficient (Wildman–Crippen LogP) is 1.33. The number of hydrogen-bond acceptors (Lipinski definition) is 4. The first-order valence-corrected chi connectivity index (χ1v) is 4.76. The van der Waals surface area contributed by atoms with Crippen LogP contribution in [0.3, 0.4) is 0 Å². The van der Waals surface area contributed by atoms with E-state index in [1.54, 1.807) is 27.7 Å². The second kappa shape index (κ2) is 3.29. The van der Waals surface area contributed by atoms with Gasteiger partial charge in [-0.2, -0.15) is 0 Å². The quantitative estimate of drug-likeness (QED) is 0.640. The molecule has 0 bridgehead atoms. The van der Waals surface area contributed by atoms with Crippen molar-refractivity contribution in [1.29, 1.82) is 0 Å². The zero-order chi connectivity index (χ0) is 11.1. The Bertz CT molecular complexity index is 248. The van der Waals surface area contributed by atoms with Gasteiger partial charge in [-0.1, -0.05) is 0 Å². The molecule has 0 aromatic rings. The summed E-state index contributed by atoms with van der Waals surface area (Å²) in [5, 5.41) is 12.9. The van der Waals surface area contributed by atoms with E-state index in [-0.39, 0.29) is 12.2 Å². The van der Waals surface area contributed by atoms with Crippen LogP contribution in [0.1, 0.15) is 34.1 Å². The van der Waals surface area contributed by atoms with Gasteiger partial charge >= 0.3 is 0 Å². The molecule has 0 spiro atoms. The van der Waals surface area contributed by atoms with Crippen molar-refractivity contribution >= 4 is 5.78 Å². The molecule has 0 saturated carbocycles. The minimum absolute atomic E-state index is 0.00889. The van der Waals surface area contributed by atoms with Gasteiger partial charge in [0.05, 0.1) is 0 Å². The molecule has 82 valence electrons. The Morgan fingerprint density at radius 3 is 2.36 bits per heavy atom. The van der Waals surface area contributed by atoms with E-state index in [0.29, 0.717) is 0 Å². The molecule has 1 unspecified atom stereocenters. The maximum atomic E-state index is 12.0. The molecule has 1 fully saturated rings. The lowest BCUT2D eigenvalue weighted by Crippen LogP contribution is -2.65. The van der Waals surface area contributed by atoms with E-state index < -0.39 is 17.2 Å². The third-order valence-electron chi connectivity index (χ3n) is 2.85. The van der Waals surface area contributed by atoms with Crippen LogP contribution in [0.15, 0.2) is 0 Å². The lowest BCUT2D eigenvalue weighted by Gasteiger charge is -2.59. The molecule has 0 amide bonds. The highest BCUT2D eigenvalue weighted by atomic mass is 16.5. The molecular weight excluding hydrogens is 182 g/mol. The number of carbonyl (C=O) groups is 1. The number of rotatable bonds is 1. The molecule has 14 heavy (non-hydrogen) atoms. The van der Waals surface area contributed by atoms with E-state index in [9.17, 15) is 10.0 Å². The van der Waals surface area contributed by atoms with Gasteiger partial charge in [0.15, 0.2) is 5.78 Å². The molecule has 1 atom stereocenters. The fraction of sp³-hybridized carbons (Fsp3) is 0.900. The highest BCUT2D eigenvalue weighted by Crippen LogP contribution is 2.36. The van der Waals surface area contributed by atoms with Crippen molar-refractivity contribution in [3.05, 3.63) is 5.21 Å². The summed E-state index contributed by atoms with van der Waals surface area (Å²) >= 11 is 0. The molecule has 0 aromatic carbocycles. The molecular formula is C10H18NO3-. The first-order chi connectivity index (χ1) is 6.23. The smallest absolute Gasteiger partial charge is 0.165 e. The minimum Gasteiger partial charge on any atom is -0.784 e. The highest BCUT2D eigenvalue weighted by molar-refractivity contribution is 5.86. The molecule has 1 saturated heterocycles. The summed E-state index contributed by atoms with van der Waals surface area (Å²) in [6, 6.07) is 0. The average molecular weight is 200 g/mol. The van der Waals surface area contributed by atoms with Crippen LogP contribution in [-0.4, -0.2) is 35.1 Å². The van der Waals surface area contributed by atoms with Gasteiger partial charge in [0.2, 0.25) is 0 Å². The highest BCUT2D eigenvalue weighted by Gasteiger charge is 2.47. The first kappa shape index (κ1) is 11.6. The minimum atomic E-state index is -0.784. The third-order valence-corrected chi connectivity index (χ3v) is 2.85. The molecule has 1 rings (SSSR count). The number of ether oxygens (including phenoxy) is 1. The topological polar surface area (TPSA) is 52.6 Å². The van der Waals surface area contributed by atoms with Gasteiger partial charge in [-0.05, 0) is 27.7 Å². The van der Waals surface area contributed by atoms with Gasteiger partial charge in [0.25, 0.3) is 0 Å². The summed E-state index contributed by atoms with van der Waals surface area (Å²) in [5.41, 5.74) is -1.41. The van der Waals surface area contributed by atoms with Crippen LogP contribution in [0, 0.1) is 5.21 Å². The molecule has 0 aliphatic carbocycles. The Morgan fingerprint density at radius 2 is 1.93 bits per heavy atom. The van der Waals surface area contributed by atoms with Gasteiger partial charge < -0.3 is 15.0 Å². The van der Waals surface area contributed by atoms with E-state index in [1.807, 2.05) is 0 Å². The molecule has 0 aromatic heterocycles.